The zero-order valence-electron chi connectivity index (χ0n) is 9.92. The second kappa shape index (κ2) is 5.77. The maximum atomic E-state index is 11.7. The third kappa shape index (κ3) is 2.95. The van der Waals surface area contributed by atoms with Gasteiger partial charge < -0.3 is 10.0 Å². The van der Waals surface area contributed by atoms with E-state index in [9.17, 15) is 9.59 Å². The Labute approximate surface area is 110 Å². The summed E-state index contributed by atoms with van der Waals surface area (Å²) in [6.07, 6.45) is 1.95. The van der Waals surface area contributed by atoms with Gasteiger partial charge in [0.2, 0.25) is 0 Å². The van der Waals surface area contributed by atoms with E-state index in [0.717, 1.165) is 0 Å². The van der Waals surface area contributed by atoms with Gasteiger partial charge >= 0.3 is 5.97 Å². The Morgan fingerprint density at radius 3 is 2.94 bits per heavy atom. The Kier molecular flexibility index (Phi) is 4.61. The van der Waals surface area contributed by atoms with Gasteiger partial charge in [0.25, 0.3) is 0 Å². The van der Waals surface area contributed by atoms with Crippen LogP contribution in [0.2, 0.25) is 0 Å². The number of Topliss-reactive ketones (excluding diaryl/α,β-unsaturated/α-hetero) is 1. The first-order valence-corrected chi connectivity index (χ1v) is 5.41. The molecule has 1 aliphatic rings. The monoisotopic (exact) mass is 271 g/mol. The number of carbonyl (C=O) groups excluding carboxylic acids is 1. The van der Waals surface area contributed by atoms with Crippen molar-refractivity contribution in [3.8, 4) is 0 Å². The van der Waals surface area contributed by atoms with Crippen molar-refractivity contribution in [3.63, 3.8) is 0 Å². The highest BCUT2D eigenvalue weighted by atomic mass is 35.5. The molecule has 1 aromatic heterocycles. The van der Waals surface area contributed by atoms with Crippen molar-refractivity contribution in [2.24, 2.45) is 0 Å². The van der Waals surface area contributed by atoms with E-state index < -0.39 is 5.97 Å². The molecule has 0 radical (unpaired) electrons. The molecule has 0 unspecified atom stereocenters. The van der Waals surface area contributed by atoms with Gasteiger partial charge in [-0.1, -0.05) is 0 Å². The van der Waals surface area contributed by atoms with Crippen LogP contribution >= 0.6 is 12.4 Å². The third-order valence-corrected chi connectivity index (χ3v) is 2.69. The molecule has 0 saturated heterocycles. The standard InChI is InChI=1S/C11H13N3O3.ClH/c1-7-12-6-8-9(15)2-4-14(11(8)13-7)5-3-10(16)17;/h6H,2-5H2,1H3,(H,16,17);1H. The van der Waals surface area contributed by atoms with Crippen molar-refractivity contribution in [2.75, 3.05) is 18.0 Å². The molecule has 98 valence electrons. The van der Waals surface area contributed by atoms with Crippen molar-refractivity contribution in [1.82, 2.24) is 9.97 Å². The van der Waals surface area contributed by atoms with Gasteiger partial charge in [-0.15, -0.1) is 12.4 Å². The number of carboxylic acid groups (broad SMARTS) is 1. The Hall–Kier alpha value is -1.69. The molecule has 2 rings (SSSR count). The lowest BCUT2D eigenvalue weighted by atomic mass is 10.1. The lowest BCUT2D eigenvalue weighted by Crippen LogP contribution is -2.35. The van der Waals surface area contributed by atoms with Crippen molar-refractivity contribution in [1.29, 1.82) is 0 Å². The van der Waals surface area contributed by atoms with Crippen LogP contribution in [0.3, 0.4) is 0 Å². The molecule has 6 nitrogen and oxygen atoms in total. The highest BCUT2D eigenvalue weighted by molar-refractivity contribution is 6.02. The van der Waals surface area contributed by atoms with Gasteiger partial charge in [-0.3, -0.25) is 9.59 Å². The van der Waals surface area contributed by atoms with Crippen molar-refractivity contribution in [3.05, 3.63) is 17.6 Å². The van der Waals surface area contributed by atoms with Gasteiger partial charge in [0, 0.05) is 25.7 Å². The number of hydrogen-bond acceptors (Lipinski definition) is 5. The van der Waals surface area contributed by atoms with Crippen LogP contribution in [0.5, 0.6) is 0 Å². The van der Waals surface area contributed by atoms with Crippen molar-refractivity contribution < 1.29 is 14.7 Å². The van der Waals surface area contributed by atoms with Crippen LogP contribution in [-0.4, -0.2) is 39.9 Å². The first-order valence-electron chi connectivity index (χ1n) is 5.41. The van der Waals surface area contributed by atoms with Crippen LogP contribution in [0.15, 0.2) is 6.20 Å². The number of carboxylic acids is 1. The molecule has 0 aliphatic carbocycles. The molecule has 0 saturated carbocycles. The van der Waals surface area contributed by atoms with Gasteiger partial charge in [-0.2, -0.15) is 0 Å². The molecular weight excluding hydrogens is 258 g/mol. The number of rotatable bonds is 3. The summed E-state index contributed by atoms with van der Waals surface area (Å²) < 4.78 is 0. The lowest BCUT2D eigenvalue weighted by Gasteiger charge is -2.28. The molecule has 7 heteroatoms. The maximum absolute atomic E-state index is 11.7. The van der Waals surface area contributed by atoms with Crippen LogP contribution < -0.4 is 4.90 Å². The number of ketones is 1. The SMILES string of the molecule is Cc1ncc2c(n1)N(CCC(=O)O)CCC2=O.Cl. The van der Waals surface area contributed by atoms with Crippen LogP contribution in [0, 0.1) is 6.92 Å². The second-order valence-electron chi connectivity index (χ2n) is 3.96. The molecule has 1 aromatic rings. The fraction of sp³-hybridized carbons (Fsp3) is 0.455. The summed E-state index contributed by atoms with van der Waals surface area (Å²) in [5.41, 5.74) is 0.493. The molecule has 0 atom stereocenters. The largest absolute Gasteiger partial charge is 0.481 e. The molecule has 0 bridgehead atoms. The number of carbonyl (C=O) groups is 2. The van der Waals surface area contributed by atoms with Gasteiger partial charge in [-0.05, 0) is 6.92 Å². The van der Waals surface area contributed by atoms with Crippen LogP contribution in [0.4, 0.5) is 5.82 Å². The number of aliphatic carboxylic acids is 1. The summed E-state index contributed by atoms with van der Waals surface area (Å²) in [5.74, 6) is 0.314. The molecule has 1 N–H and O–H groups in total. The van der Waals surface area contributed by atoms with Gasteiger partial charge in [0.05, 0.1) is 12.0 Å². The van der Waals surface area contributed by atoms with E-state index in [-0.39, 0.29) is 24.6 Å². The second-order valence-corrected chi connectivity index (χ2v) is 3.96. The number of halogens is 1. The highest BCUT2D eigenvalue weighted by Gasteiger charge is 2.25. The summed E-state index contributed by atoms with van der Waals surface area (Å²) in [4.78, 5) is 32.3. The summed E-state index contributed by atoms with van der Waals surface area (Å²) in [6, 6.07) is 0. The Morgan fingerprint density at radius 2 is 2.28 bits per heavy atom. The molecule has 1 aliphatic heterocycles. The number of fused-ring (bicyclic) bond motifs is 1. The first-order chi connectivity index (χ1) is 8.08. The first kappa shape index (κ1) is 14.4. The van der Waals surface area contributed by atoms with Crippen molar-refractivity contribution >= 4 is 30.0 Å². The van der Waals surface area contributed by atoms with E-state index in [1.54, 1.807) is 6.92 Å². The lowest BCUT2D eigenvalue weighted by molar-refractivity contribution is -0.136. The number of aromatic nitrogens is 2. The third-order valence-electron chi connectivity index (χ3n) is 2.69. The van der Waals surface area contributed by atoms with E-state index in [0.29, 0.717) is 36.7 Å². The summed E-state index contributed by atoms with van der Waals surface area (Å²) in [5, 5.41) is 8.67. The average Bonchev–Trinajstić information content (AvgIpc) is 2.28. The van der Waals surface area contributed by atoms with E-state index in [1.807, 2.05) is 4.90 Å². The molecule has 0 spiro atoms. The predicted molar refractivity (Wildman–Crippen MR) is 67.4 cm³/mol. The minimum atomic E-state index is -0.853. The quantitative estimate of drug-likeness (QED) is 0.885. The molecule has 2 heterocycles. The number of aryl methyl sites for hydroxylation is 1. The highest BCUT2D eigenvalue weighted by Crippen LogP contribution is 2.24. The Bertz CT molecular complexity index is 479. The van der Waals surface area contributed by atoms with Gasteiger partial charge in [0.1, 0.15) is 11.6 Å². The minimum absolute atomic E-state index is 0. The van der Waals surface area contributed by atoms with E-state index >= 15 is 0 Å². The summed E-state index contributed by atoms with van der Waals surface area (Å²) >= 11 is 0. The Morgan fingerprint density at radius 1 is 1.56 bits per heavy atom. The molecule has 0 amide bonds. The van der Waals surface area contributed by atoms with Crippen LogP contribution in [0.1, 0.15) is 29.0 Å². The number of hydrogen-bond donors (Lipinski definition) is 1. The van der Waals surface area contributed by atoms with E-state index in [4.69, 9.17) is 5.11 Å². The minimum Gasteiger partial charge on any atom is -0.481 e. The number of anilines is 1. The van der Waals surface area contributed by atoms with E-state index in [2.05, 4.69) is 9.97 Å². The fourth-order valence-corrected chi connectivity index (χ4v) is 1.82. The van der Waals surface area contributed by atoms with Gasteiger partial charge in [-0.25, -0.2) is 9.97 Å². The fourth-order valence-electron chi connectivity index (χ4n) is 1.82. The maximum Gasteiger partial charge on any atom is 0.305 e. The Balaban J connectivity index is 0.00000162. The summed E-state index contributed by atoms with van der Waals surface area (Å²) in [6.45, 7) is 2.64. The van der Waals surface area contributed by atoms with Crippen LogP contribution in [0.25, 0.3) is 0 Å². The van der Waals surface area contributed by atoms with Gasteiger partial charge in [0.15, 0.2) is 5.78 Å². The zero-order chi connectivity index (χ0) is 12.4. The molecule has 0 fully saturated rings. The molecule has 0 aromatic carbocycles. The van der Waals surface area contributed by atoms with Crippen molar-refractivity contribution in [2.45, 2.75) is 19.8 Å². The summed E-state index contributed by atoms with van der Waals surface area (Å²) in [7, 11) is 0. The number of nitrogens with zero attached hydrogens (tertiary/aromatic N) is 3. The normalized spacial score (nSPS) is 13.8. The average molecular weight is 272 g/mol. The smallest absolute Gasteiger partial charge is 0.305 e. The molecule has 18 heavy (non-hydrogen) atoms. The topological polar surface area (TPSA) is 83.4 Å². The predicted octanol–water partition coefficient (Wildman–Crippen LogP) is 1.07. The zero-order valence-corrected chi connectivity index (χ0v) is 10.7. The van der Waals surface area contributed by atoms with E-state index in [1.165, 1.54) is 6.20 Å². The van der Waals surface area contributed by atoms with Crippen LogP contribution in [-0.2, 0) is 4.79 Å². The molecular formula is C11H14ClN3O3.